The van der Waals surface area contributed by atoms with E-state index in [4.69, 9.17) is 15.0 Å². The second-order valence-corrected chi connectivity index (χ2v) is 4.12. The number of hydrogen-bond acceptors (Lipinski definition) is 8. The molecule has 0 amide bonds. The topological polar surface area (TPSA) is 99.1 Å². The van der Waals surface area contributed by atoms with Crippen molar-refractivity contribution in [1.82, 2.24) is 14.5 Å². The molecule has 0 radical (unpaired) electrons. The van der Waals surface area contributed by atoms with E-state index in [0.717, 1.165) is 5.00 Å². The van der Waals surface area contributed by atoms with Crippen molar-refractivity contribution in [1.29, 1.82) is 0 Å². The summed E-state index contributed by atoms with van der Waals surface area (Å²) >= 11 is 1.26. The van der Waals surface area contributed by atoms with Gasteiger partial charge in [-0.1, -0.05) is 5.16 Å². The van der Waals surface area contributed by atoms with Gasteiger partial charge in [0.25, 0.3) is 0 Å². The lowest BCUT2D eigenvalue weighted by atomic mass is 10.4. The van der Waals surface area contributed by atoms with E-state index in [2.05, 4.69) is 19.8 Å². The van der Waals surface area contributed by atoms with Gasteiger partial charge in [-0.2, -0.15) is 9.36 Å². The molecule has 17 heavy (non-hydrogen) atoms. The standard InChI is InChI=1S/C9H13N5O2S/c1-5-12-6(16-13-5)3-4-11-9-7(15-2)8(10)14-17-9/h11H,3-4H2,1-2H3,(H2,10,14). The summed E-state index contributed by atoms with van der Waals surface area (Å²) in [6.07, 6.45) is 0.641. The molecule has 0 aliphatic carbocycles. The minimum Gasteiger partial charge on any atom is -0.490 e. The Bertz CT molecular complexity index is 495. The van der Waals surface area contributed by atoms with Crippen LogP contribution in [0.1, 0.15) is 11.7 Å². The first-order valence-electron chi connectivity index (χ1n) is 5.03. The number of anilines is 2. The predicted molar refractivity (Wildman–Crippen MR) is 64.3 cm³/mol. The highest BCUT2D eigenvalue weighted by Crippen LogP contribution is 2.34. The van der Waals surface area contributed by atoms with Gasteiger partial charge in [-0.15, -0.1) is 0 Å². The molecule has 0 unspecified atom stereocenters. The van der Waals surface area contributed by atoms with E-state index in [1.165, 1.54) is 11.5 Å². The van der Waals surface area contributed by atoms with Crippen LogP contribution < -0.4 is 15.8 Å². The molecule has 0 saturated heterocycles. The lowest BCUT2D eigenvalue weighted by Crippen LogP contribution is -2.05. The Morgan fingerprint density at radius 3 is 3.00 bits per heavy atom. The average molecular weight is 255 g/mol. The molecule has 3 N–H and O–H groups in total. The van der Waals surface area contributed by atoms with Crippen LogP contribution in [0.3, 0.4) is 0 Å². The van der Waals surface area contributed by atoms with E-state index in [1.54, 1.807) is 14.0 Å². The Kier molecular flexibility index (Phi) is 3.43. The lowest BCUT2D eigenvalue weighted by Gasteiger charge is -2.03. The molecule has 2 aromatic rings. The first-order chi connectivity index (χ1) is 8.20. The summed E-state index contributed by atoms with van der Waals surface area (Å²) in [4.78, 5) is 4.10. The molecule has 0 atom stereocenters. The van der Waals surface area contributed by atoms with Gasteiger partial charge in [0.05, 0.1) is 7.11 Å². The van der Waals surface area contributed by atoms with Crippen LogP contribution in [0.15, 0.2) is 4.52 Å². The molecule has 0 spiro atoms. The first kappa shape index (κ1) is 11.6. The summed E-state index contributed by atoms with van der Waals surface area (Å²) in [5.74, 6) is 2.22. The number of aromatic nitrogens is 3. The minimum atomic E-state index is 0.397. The zero-order chi connectivity index (χ0) is 12.3. The highest BCUT2D eigenvalue weighted by atomic mass is 32.1. The number of rotatable bonds is 5. The normalized spacial score (nSPS) is 10.5. The van der Waals surface area contributed by atoms with Crippen LogP contribution in [-0.4, -0.2) is 28.2 Å². The number of methoxy groups -OCH3 is 1. The van der Waals surface area contributed by atoms with Crippen molar-refractivity contribution in [2.24, 2.45) is 0 Å². The van der Waals surface area contributed by atoms with E-state index in [0.29, 0.717) is 36.2 Å². The molecule has 2 aromatic heterocycles. The van der Waals surface area contributed by atoms with Gasteiger partial charge >= 0.3 is 0 Å². The summed E-state index contributed by atoms with van der Waals surface area (Å²) in [6, 6.07) is 0. The third-order valence-electron chi connectivity index (χ3n) is 2.07. The van der Waals surface area contributed by atoms with Gasteiger partial charge in [-0.3, -0.25) is 0 Å². The molecule has 7 nitrogen and oxygen atoms in total. The molecule has 0 saturated carbocycles. The van der Waals surface area contributed by atoms with Crippen LogP contribution in [0, 0.1) is 6.92 Å². The van der Waals surface area contributed by atoms with Gasteiger partial charge in [0.15, 0.2) is 22.4 Å². The van der Waals surface area contributed by atoms with Crippen molar-refractivity contribution >= 4 is 22.4 Å². The monoisotopic (exact) mass is 255 g/mol. The number of hydrogen-bond donors (Lipinski definition) is 2. The van der Waals surface area contributed by atoms with Crippen LogP contribution in [0.4, 0.5) is 10.8 Å². The Morgan fingerprint density at radius 2 is 2.35 bits per heavy atom. The summed E-state index contributed by atoms with van der Waals surface area (Å²) in [6.45, 7) is 2.44. The van der Waals surface area contributed by atoms with Crippen LogP contribution in [0.2, 0.25) is 0 Å². The van der Waals surface area contributed by atoms with Gasteiger partial charge < -0.3 is 20.3 Å². The third kappa shape index (κ3) is 2.64. The van der Waals surface area contributed by atoms with Crippen LogP contribution in [0.5, 0.6) is 5.75 Å². The summed E-state index contributed by atoms with van der Waals surface area (Å²) in [5.41, 5.74) is 5.63. The van der Waals surface area contributed by atoms with E-state index < -0.39 is 0 Å². The van der Waals surface area contributed by atoms with E-state index in [1.807, 2.05) is 0 Å². The summed E-state index contributed by atoms with van der Waals surface area (Å²) < 4.78 is 14.1. The second kappa shape index (κ2) is 5.00. The Balaban J connectivity index is 1.89. The SMILES string of the molecule is COc1c(N)nsc1NCCc1nc(C)no1. The van der Waals surface area contributed by atoms with Gasteiger partial charge in [0, 0.05) is 13.0 Å². The van der Waals surface area contributed by atoms with E-state index in [-0.39, 0.29) is 0 Å². The largest absolute Gasteiger partial charge is 0.490 e. The van der Waals surface area contributed by atoms with Gasteiger partial charge in [0.1, 0.15) is 0 Å². The number of ether oxygens (including phenoxy) is 1. The van der Waals surface area contributed by atoms with Crippen LogP contribution in [0.25, 0.3) is 0 Å². The Hall–Kier alpha value is -1.83. The fourth-order valence-electron chi connectivity index (χ4n) is 1.33. The number of aryl methyl sites for hydroxylation is 1. The van der Waals surface area contributed by atoms with Crippen molar-refractivity contribution in [2.45, 2.75) is 13.3 Å². The highest BCUT2D eigenvalue weighted by Gasteiger charge is 2.11. The minimum absolute atomic E-state index is 0.397. The number of nitrogens with zero attached hydrogens (tertiary/aromatic N) is 3. The van der Waals surface area contributed by atoms with Crippen LogP contribution in [-0.2, 0) is 6.42 Å². The third-order valence-corrected chi connectivity index (χ3v) is 2.87. The smallest absolute Gasteiger partial charge is 0.228 e. The summed E-state index contributed by atoms with van der Waals surface area (Å²) in [5, 5.41) is 7.68. The molecule has 0 fully saturated rings. The quantitative estimate of drug-likeness (QED) is 0.824. The van der Waals surface area contributed by atoms with Crippen molar-refractivity contribution in [3.8, 4) is 5.75 Å². The second-order valence-electron chi connectivity index (χ2n) is 3.34. The molecule has 2 rings (SSSR count). The van der Waals surface area contributed by atoms with Gasteiger partial charge in [0.2, 0.25) is 5.89 Å². The molecule has 0 aliphatic heterocycles. The summed E-state index contributed by atoms with van der Waals surface area (Å²) in [7, 11) is 1.56. The van der Waals surface area contributed by atoms with Gasteiger partial charge in [-0.25, -0.2) is 0 Å². The molecular formula is C9H13N5O2S. The van der Waals surface area contributed by atoms with Crippen molar-refractivity contribution in [2.75, 3.05) is 24.7 Å². The molecule has 0 aromatic carbocycles. The molecule has 8 heteroatoms. The average Bonchev–Trinajstić information content (AvgIpc) is 2.86. The molecule has 2 heterocycles. The van der Waals surface area contributed by atoms with Crippen LogP contribution >= 0.6 is 11.5 Å². The maximum absolute atomic E-state index is 5.63. The number of nitrogen functional groups attached to an aromatic ring is 1. The predicted octanol–water partition coefficient (Wildman–Crippen LogP) is 1.08. The van der Waals surface area contributed by atoms with Crippen molar-refractivity contribution in [3.05, 3.63) is 11.7 Å². The molecule has 0 bridgehead atoms. The molecule has 92 valence electrons. The fourth-order valence-corrected chi connectivity index (χ4v) is 2.04. The van der Waals surface area contributed by atoms with Crippen molar-refractivity contribution < 1.29 is 9.26 Å². The molecule has 0 aliphatic rings. The van der Waals surface area contributed by atoms with E-state index >= 15 is 0 Å². The number of nitrogens with one attached hydrogen (secondary N) is 1. The van der Waals surface area contributed by atoms with Gasteiger partial charge in [-0.05, 0) is 18.5 Å². The fraction of sp³-hybridized carbons (Fsp3) is 0.444. The number of nitrogens with two attached hydrogens (primary N) is 1. The maximum Gasteiger partial charge on any atom is 0.228 e. The zero-order valence-corrected chi connectivity index (χ0v) is 10.4. The zero-order valence-electron chi connectivity index (χ0n) is 9.56. The first-order valence-corrected chi connectivity index (χ1v) is 5.80. The molecular weight excluding hydrogens is 242 g/mol. The Labute approximate surface area is 102 Å². The lowest BCUT2D eigenvalue weighted by molar-refractivity contribution is 0.377. The van der Waals surface area contributed by atoms with Crippen molar-refractivity contribution in [3.63, 3.8) is 0 Å². The van der Waals surface area contributed by atoms with E-state index in [9.17, 15) is 0 Å². The maximum atomic E-state index is 5.63. The highest BCUT2D eigenvalue weighted by molar-refractivity contribution is 7.11. The Morgan fingerprint density at radius 1 is 1.53 bits per heavy atom.